The molecule has 1 saturated heterocycles. The number of hydroxylamine groups is 2. The Bertz CT molecular complexity index is 670. The van der Waals surface area contributed by atoms with E-state index < -0.39 is 17.8 Å². The lowest BCUT2D eigenvalue weighted by Gasteiger charge is -2.12. The maximum Gasteiger partial charge on any atom is 0.363 e. The van der Waals surface area contributed by atoms with Crippen molar-refractivity contribution in [3.63, 3.8) is 0 Å². The van der Waals surface area contributed by atoms with Gasteiger partial charge < -0.3 is 14.9 Å². The molecule has 0 spiro atoms. The van der Waals surface area contributed by atoms with Gasteiger partial charge in [-0.25, -0.2) is 4.79 Å². The van der Waals surface area contributed by atoms with Gasteiger partial charge >= 0.3 is 5.97 Å². The Kier molecular flexibility index (Phi) is 7.94. The Morgan fingerprint density at radius 2 is 1.74 bits per heavy atom. The van der Waals surface area contributed by atoms with Crippen LogP contribution in [0.25, 0.3) is 0 Å². The number of aryl methyl sites for hydroxylation is 1. The first-order valence-corrected chi connectivity index (χ1v) is 9.02. The van der Waals surface area contributed by atoms with Gasteiger partial charge in [-0.2, -0.15) is 0 Å². The molecular weight excluding hydrogens is 352 g/mol. The molecular formula is C19H24N2O6. The molecule has 0 atom stereocenters. The monoisotopic (exact) mass is 376 g/mol. The Balaban J connectivity index is 1.74. The Morgan fingerprint density at radius 3 is 2.37 bits per heavy atom. The zero-order valence-corrected chi connectivity index (χ0v) is 15.4. The second kappa shape index (κ2) is 10.4. The van der Waals surface area contributed by atoms with Crippen molar-refractivity contribution in [2.24, 2.45) is 0 Å². The third-order valence-corrected chi connectivity index (χ3v) is 3.93. The molecule has 0 saturated carbocycles. The van der Waals surface area contributed by atoms with E-state index in [9.17, 15) is 19.2 Å². The summed E-state index contributed by atoms with van der Waals surface area (Å²) >= 11 is 0. The molecule has 1 aromatic carbocycles. The number of hydrogen-bond donors (Lipinski definition) is 1. The summed E-state index contributed by atoms with van der Waals surface area (Å²) in [6.45, 7) is 3.69. The second-order valence-corrected chi connectivity index (χ2v) is 6.12. The fraction of sp³-hybridized carbons (Fsp3) is 0.474. The zero-order chi connectivity index (χ0) is 19.6. The summed E-state index contributed by atoms with van der Waals surface area (Å²) < 4.78 is 5.29. The summed E-state index contributed by atoms with van der Waals surface area (Å²) in [6, 6.07) is 6.50. The first-order valence-electron chi connectivity index (χ1n) is 9.02. The highest BCUT2D eigenvalue weighted by Gasteiger charge is 2.33. The van der Waals surface area contributed by atoms with Crippen molar-refractivity contribution in [3.8, 4) is 0 Å². The van der Waals surface area contributed by atoms with Gasteiger partial charge in [0, 0.05) is 32.4 Å². The fourth-order valence-corrected chi connectivity index (χ4v) is 2.46. The normalized spacial score (nSPS) is 13.7. The number of amides is 3. The molecule has 1 aliphatic rings. The van der Waals surface area contributed by atoms with E-state index in [0.29, 0.717) is 37.7 Å². The SMILES string of the molecule is CCCOCCNC(=O)CCc1ccc(C(=O)ON2C(=O)CCC2=O)cc1. The number of nitrogens with one attached hydrogen (secondary N) is 1. The molecule has 3 amide bonds. The smallest absolute Gasteiger partial charge is 0.363 e. The van der Waals surface area contributed by atoms with Gasteiger partial charge in [0.2, 0.25) is 5.91 Å². The van der Waals surface area contributed by atoms with E-state index in [1.807, 2.05) is 6.92 Å². The lowest BCUT2D eigenvalue weighted by molar-refractivity contribution is -0.172. The average Bonchev–Trinajstić information content (AvgIpc) is 2.98. The van der Waals surface area contributed by atoms with Gasteiger partial charge in [0.15, 0.2) is 0 Å². The summed E-state index contributed by atoms with van der Waals surface area (Å²) in [5.41, 5.74) is 1.11. The van der Waals surface area contributed by atoms with Gasteiger partial charge in [0.25, 0.3) is 11.8 Å². The maximum absolute atomic E-state index is 12.0. The minimum absolute atomic E-state index is 0.0534. The second-order valence-electron chi connectivity index (χ2n) is 6.12. The van der Waals surface area contributed by atoms with Crippen LogP contribution in [0.15, 0.2) is 24.3 Å². The Hall–Kier alpha value is -2.74. The first kappa shape index (κ1) is 20.6. The average molecular weight is 376 g/mol. The van der Waals surface area contributed by atoms with Crippen molar-refractivity contribution in [3.05, 3.63) is 35.4 Å². The van der Waals surface area contributed by atoms with Gasteiger partial charge in [0.05, 0.1) is 12.2 Å². The first-order chi connectivity index (χ1) is 13.0. The predicted octanol–water partition coefficient (Wildman–Crippen LogP) is 1.38. The topological polar surface area (TPSA) is 102 Å². The number of nitrogens with zero attached hydrogens (tertiary/aromatic N) is 1. The van der Waals surface area contributed by atoms with Crippen LogP contribution in [-0.4, -0.2) is 48.5 Å². The molecule has 0 unspecified atom stereocenters. The number of imide groups is 1. The van der Waals surface area contributed by atoms with Crippen molar-refractivity contribution < 1.29 is 28.8 Å². The third kappa shape index (κ3) is 6.49. The van der Waals surface area contributed by atoms with Gasteiger partial charge in [-0.15, -0.1) is 5.06 Å². The highest BCUT2D eigenvalue weighted by molar-refractivity contribution is 6.02. The fourth-order valence-electron chi connectivity index (χ4n) is 2.46. The number of rotatable bonds is 10. The van der Waals surface area contributed by atoms with Gasteiger partial charge in [-0.3, -0.25) is 14.4 Å². The van der Waals surface area contributed by atoms with Crippen LogP contribution in [0.4, 0.5) is 0 Å². The van der Waals surface area contributed by atoms with Crippen molar-refractivity contribution in [1.29, 1.82) is 0 Å². The lowest BCUT2D eigenvalue weighted by Crippen LogP contribution is -2.32. The lowest BCUT2D eigenvalue weighted by atomic mass is 10.1. The number of ether oxygens (including phenoxy) is 1. The summed E-state index contributed by atoms with van der Waals surface area (Å²) in [6.07, 6.45) is 1.91. The van der Waals surface area contributed by atoms with Crippen LogP contribution in [0.3, 0.4) is 0 Å². The molecule has 1 N–H and O–H groups in total. The zero-order valence-electron chi connectivity index (χ0n) is 15.4. The van der Waals surface area contributed by atoms with E-state index in [0.717, 1.165) is 12.0 Å². The van der Waals surface area contributed by atoms with Crippen molar-refractivity contribution >= 4 is 23.7 Å². The standard InChI is InChI=1S/C19H24N2O6/c1-2-12-26-13-11-20-16(22)8-5-14-3-6-15(7-4-14)19(25)27-21-17(23)9-10-18(21)24/h3-4,6-7H,2,5,8-13H2,1H3,(H,20,22). The molecule has 27 heavy (non-hydrogen) atoms. The molecule has 0 aliphatic carbocycles. The molecule has 1 aromatic rings. The third-order valence-electron chi connectivity index (χ3n) is 3.93. The van der Waals surface area contributed by atoms with E-state index in [-0.39, 0.29) is 24.3 Å². The van der Waals surface area contributed by atoms with Crippen molar-refractivity contribution in [2.75, 3.05) is 19.8 Å². The molecule has 1 heterocycles. The van der Waals surface area contributed by atoms with Crippen LogP contribution in [0.2, 0.25) is 0 Å². The molecule has 1 fully saturated rings. The number of carbonyl (C=O) groups excluding carboxylic acids is 4. The highest BCUT2D eigenvalue weighted by atomic mass is 16.7. The van der Waals surface area contributed by atoms with Crippen LogP contribution in [0.5, 0.6) is 0 Å². The molecule has 146 valence electrons. The molecule has 0 aromatic heterocycles. The summed E-state index contributed by atoms with van der Waals surface area (Å²) in [5, 5.41) is 3.30. The number of benzene rings is 1. The summed E-state index contributed by atoms with van der Waals surface area (Å²) in [7, 11) is 0. The molecule has 1 aliphatic heterocycles. The molecule has 8 nitrogen and oxygen atoms in total. The highest BCUT2D eigenvalue weighted by Crippen LogP contribution is 2.15. The Labute approximate surface area is 157 Å². The maximum atomic E-state index is 12.0. The van der Waals surface area contributed by atoms with Crippen LogP contribution in [0.1, 0.15) is 48.5 Å². The van der Waals surface area contributed by atoms with E-state index in [1.165, 1.54) is 0 Å². The molecule has 0 radical (unpaired) electrons. The largest absolute Gasteiger partial charge is 0.380 e. The minimum atomic E-state index is -0.769. The van der Waals surface area contributed by atoms with Gasteiger partial charge in [-0.05, 0) is 30.5 Å². The predicted molar refractivity (Wildman–Crippen MR) is 95.4 cm³/mol. The van der Waals surface area contributed by atoms with E-state index >= 15 is 0 Å². The van der Waals surface area contributed by atoms with Crippen LogP contribution in [-0.2, 0) is 30.4 Å². The van der Waals surface area contributed by atoms with Crippen LogP contribution in [0, 0.1) is 0 Å². The van der Waals surface area contributed by atoms with E-state index in [4.69, 9.17) is 9.57 Å². The van der Waals surface area contributed by atoms with Crippen molar-refractivity contribution in [1.82, 2.24) is 10.4 Å². The van der Waals surface area contributed by atoms with Gasteiger partial charge in [-0.1, -0.05) is 19.1 Å². The van der Waals surface area contributed by atoms with Crippen molar-refractivity contribution in [2.45, 2.75) is 39.0 Å². The summed E-state index contributed by atoms with van der Waals surface area (Å²) in [5.74, 6) is -1.87. The van der Waals surface area contributed by atoms with E-state index in [2.05, 4.69) is 5.32 Å². The van der Waals surface area contributed by atoms with Gasteiger partial charge in [0.1, 0.15) is 0 Å². The quantitative estimate of drug-likeness (QED) is 0.489. The Morgan fingerprint density at radius 1 is 1.07 bits per heavy atom. The minimum Gasteiger partial charge on any atom is -0.380 e. The molecule has 8 heteroatoms. The van der Waals surface area contributed by atoms with E-state index in [1.54, 1.807) is 24.3 Å². The number of hydrogen-bond acceptors (Lipinski definition) is 6. The molecule has 2 rings (SSSR count). The molecule has 0 bridgehead atoms. The van der Waals surface area contributed by atoms with Crippen LogP contribution < -0.4 is 5.32 Å². The van der Waals surface area contributed by atoms with Crippen LogP contribution >= 0.6 is 0 Å². The number of carbonyl (C=O) groups is 4. The summed E-state index contributed by atoms with van der Waals surface area (Å²) in [4.78, 5) is 51.6.